The standard InChI is InChI=1S/C19H23N3O3S/c1-21(16-6-3-2-4-7-16)26(24,25)18-11-9-15(10-12-18)19(23)22-13-5-8-17(22)14-20/h2-4,6-7,9-12,17H,5,8,13-14,20H2,1H3. The summed E-state index contributed by atoms with van der Waals surface area (Å²) in [7, 11) is -2.17. The first-order valence-electron chi connectivity index (χ1n) is 8.60. The molecular weight excluding hydrogens is 350 g/mol. The molecule has 1 heterocycles. The highest BCUT2D eigenvalue weighted by Crippen LogP contribution is 2.23. The Labute approximate surface area is 154 Å². The van der Waals surface area contributed by atoms with Crippen molar-refractivity contribution in [3.63, 3.8) is 0 Å². The van der Waals surface area contributed by atoms with Gasteiger partial charge in [0.1, 0.15) is 0 Å². The number of anilines is 1. The monoisotopic (exact) mass is 373 g/mol. The highest BCUT2D eigenvalue weighted by atomic mass is 32.2. The van der Waals surface area contributed by atoms with Crippen molar-refractivity contribution in [2.24, 2.45) is 5.73 Å². The van der Waals surface area contributed by atoms with Crippen LogP contribution >= 0.6 is 0 Å². The topological polar surface area (TPSA) is 83.7 Å². The Morgan fingerprint density at radius 1 is 1.15 bits per heavy atom. The maximum atomic E-state index is 12.8. The number of carbonyl (C=O) groups excluding carboxylic acids is 1. The molecule has 1 saturated heterocycles. The first-order valence-corrected chi connectivity index (χ1v) is 10.0. The summed E-state index contributed by atoms with van der Waals surface area (Å²) in [5.74, 6) is -0.0988. The van der Waals surface area contributed by atoms with E-state index in [1.54, 1.807) is 41.3 Å². The summed E-state index contributed by atoms with van der Waals surface area (Å²) in [6.45, 7) is 1.14. The average molecular weight is 373 g/mol. The van der Waals surface area contributed by atoms with Gasteiger partial charge < -0.3 is 10.6 Å². The van der Waals surface area contributed by atoms with Gasteiger partial charge in [0.2, 0.25) is 0 Å². The number of para-hydroxylation sites is 1. The molecule has 1 amide bonds. The third kappa shape index (κ3) is 3.45. The summed E-state index contributed by atoms with van der Waals surface area (Å²) in [5, 5.41) is 0. The van der Waals surface area contributed by atoms with Gasteiger partial charge in [-0.15, -0.1) is 0 Å². The Bertz CT molecular complexity index is 867. The number of nitrogens with zero attached hydrogens (tertiary/aromatic N) is 2. The van der Waals surface area contributed by atoms with Crippen LogP contribution in [0.1, 0.15) is 23.2 Å². The van der Waals surface area contributed by atoms with E-state index in [9.17, 15) is 13.2 Å². The molecule has 1 unspecified atom stereocenters. The highest BCUT2D eigenvalue weighted by Gasteiger charge is 2.29. The number of likely N-dealkylation sites (tertiary alicyclic amines) is 1. The third-order valence-corrected chi connectivity index (χ3v) is 6.59. The Balaban J connectivity index is 1.82. The van der Waals surface area contributed by atoms with Crippen LogP contribution in [-0.2, 0) is 10.0 Å². The zero-order valence-electron chi connectivity index (χ0n) is 14.7. The number of nitrogens with two attached hydrogens (primary N) is 1. The molecule has 2 aromatic carbocycles. The maximum absolute atomic E-state index is 12.8. The quantitative estimate of drug-likeness (QED) is 0.870. The van der Waals surface area contributed by atoms with Crippen molar-refractivity contribution >= 4 is 21.6 Å². The van der Waals surface area contributed by atoms with E-state index in [1.165, 1.54) is 23.5 Å². The Kier molecular flexibility index (Phi) is 5.29. The van der Waals surface area contributed by atoms with Gasteiger partial charge in [0.25, 0.3) is 15.9 Å². The van der Waals surface area contributed by atoms with Crippen molar-refractivity contribution in [3.05, 3.63) is 60.2 Å². The summed E-state index contributed by atoms with van der Waals surface area (Å²) < 4.78 is 26.8. The zero-order chi connectivity index (χ0) is 18.7. The minimum atomic E-state index is -3.68. The lowest BCUT2D eigenvalue weighted by Gasteiger charge is -2.24. The van der Waals surface area contributed by atoms with Crippen molar-refractivity contribution in [1.29, 1.82) is 0 Å². The molecule has 1 fully saturated rings. The zero-order valence-corrected chi connectivity index (χ0v) is 15.5. The van der Waals surface area contributed by atoms with Crippen molar-refractivity contribution in [3.8, 4) is 0 Å². The fourth-order valence-electron chi connectivity index (χ4n) is 3.22. The predicted molar refractivity (Wildman–Crippen MR) is 102 cm³/mol. The Morgan fingerprint density at radius 2 is 1.81 bits per heavy atom. The van der Waals surface area contributed by atoms with E-state index in [4.69, 9.17) is 5.73 Å². The van der Waals surface area contributed by atoms with Gasteiger partial charge in [-0.05, 0) is 49.2 Å². The molecule has 2 aromatic rings. The minimum Gasteiger partial charge on any atom is -0.334 e. The second-order valence-corrected chi connectivity index (χ2v) is 8.33. The van der Waals surface area contributed by atoms with Crippen LogP contribution in [-0.4, -0.2) is 45.4 Å². The maximum Gasteiger partial charge on any atom is 0.264 e. The van der Waals surface area contributed by atoms with Crippen LogP contribution in [0.25, 0.3) is 0 Å². The molecule has 1 atom stereocenters. The second kappa shape index (κ2) is 7.47. The van der Waals surface area contributed by atoms with Gasteiger partial charge in [-0.2, -0.15) is 0 Å². The summed E-state index contributed by atoms with van der Waals surface area (Å²) in [6, 6.07) is 15.0. The van der Waals surface area contributed by atoms with Crippen molar-refractivity contribution in [1.82, 2.24) is 4.90 Å². The van der Waals surface area contributed by atoms with Crippen LogP contribution in [0.4, 0.5) is 5.69 Å². The van der Waals surface area contributed by atoms with Crippen LogP contribution in [0.5, 0.6) is 0 Å². The largest absolute Gasteiger partial charge is 0.334 e. The van der Waals surface area contributed by atoms with Crippen LogP contribution in [0, 0.1) is 0 Å². The van der Waals surface area contributed by atoms with E-state index < -0.39 is 10.0 Å². The van der Waals surface area contributed by atoms with Crippen molar-refractivity contribution in [2.45, 2.75) is 23.8 Å². The summed E-state index contributed by atoms with van der Waals surface area (Å²) in [6.07, 6.45) is 1.86. The van der Waals surface area contributed by atoms with Crippen LogP contribution < -0.4 is 10.0 Å². The van der Waals surface area contributed by atoms with Gasteiger partial charge in [-0.25, -0.2) is 8.42 Å². The van der Waals surface area contributed by atoms with Gasteiger partial charge in [-0.3, -0.25) is 9.10 Å². The van der Waals surface area contributed by atoms with Gasteiger partial charge in [-0.1, -0.05) is 18.2 Å². The molecule has 0 saturated carbocycles. The molecule has 0 spiro atoms. The number of hydrogen-bond donors (Lipinski definition) is 1. The molecule has 1 aliphatic heterocycles. The van der Waals surface area contributed by atoms with E-state index in [2.05, 4.69) is 0 Å². The molecule has 0 aliphatic carbocycles. The van der Waals surface area contributed by atoms with Crippen LogP contribution in [0.3, 0.4) is 0 Å². The normalized spacial score (nSPS) is 17.3. The molecule has 0 bridgehead atoms. The van der Waals surface area contributed by atoms with Crippen LogP contribution in [0.2, 0.25) is 0 Å². The molecule has 26 heavy (non-hydrogen) atoms. The fraction of sp³-hybridized carbons (Fsp3) is 0.316. The number of sulfonamides is 1. The molecule has 138 valence electrons. The van der Waals surface area contributed by atoms with Crippen molar-refractivity contribution in [2.75, 3.05) is 24.4 Å². The molecule has 0 radical (unpaired) electrons. The Hall–Kier alpha value is -2.38. The third-order valence-electron chi connectivity index (χ3n) is 4.79. The second-order valence-electron chi connectivity index (χ2n) is 6.36. The lowest BCUT2D eigenvalue weighted by atomic mass is 10.1. The van der Waals surface area contributed by atoms with Crippen molar-refractivity contribution < 1.29 is 13.2 Å². The molecule has 2 N–H and O–H groups in total. The smallest absolute Gasteiger partial charge is 0.264 e. The minimum absolute atomic E-state index is 0.0649. The van der Waals surface area contributed by atoms with E-state index in [0.29, 0.717) is 24.3 Å². The van der Waals surface area contributed by atoms with Gasteiger partial charge >= 0.3 is 0 Å². The number of amides is 1. The summed E-state index contributed by atoms with van der Waals surface area (Å²) >= 11 is 0. The van der Waals surface area contributed by atoms with Gasteiger partial charge in [0, 0.05) is 31.7 Å². The lowest BCUT2D eigenvalue weighted by Crippen LogP contribution is -2.39. The molecular formula is C19H23N3O3S. The first kappa shape index (κ1) is 18.4. The van der Waals surface area contributed by atoms with E-state index in [0.717, 1.165) is 12.8 Å². The number of hydrogen-bond acceptors (Lipinski definition) is 4. The Morgan fingerprint density at radius 3 is 2.42 bits per heavy atom. The molecule has 7 heteroatoms. The summed E-state index contributed by atoms with van der Waals surface area (Å²) in [4.78, 5) is 14.6. The highest BCUT2D eigenvalue weighted by molar-refractivity contribution is 7.92. The SMILES string of the molecule is CN(c1ccccc1)S(=O)(=O)c1ccc(C(=O)N2CCCC2CN)cc1. The fourth-order valence-corrected chi connectivity index (χ4v) is 4.41. The van der Waals surface area contributed by atoms with Crippen LogP contribution in [0.15, 0.2) is 59.5 Å². The first-order chi connectivity index (χ1) is 12.4. The van der Waals surface area contributed by atoms with Gasteiger partial charge in [0.15, 0.2) is 0 Å². The predicted octanol–water partition coefficient (Wildman–Crippen LogP) is 2.08. The molecule has 3 rings (SSSR count). The average Bonchev–Trinajstić information content (AvgIpc) is 3.16. The molecule has 0 aromatic heterocycles. The number of rotatable bonds is 5. The van der Waals surface area contributed by atoms with E-state index >= 15 is 0 Å². The number of benzene rings is 2. The summed E-state index contributed by atoms with van der Waals surface area (Å²) in [5.41, 5.74) is 6.79. The van der Waals surface area contributed by atoms with E-state index in [1.807, 2.05) is 6.07 Å². The molecule has 1 aliphatic rings. The molecule has 6 nitrogen and oxygen atoms in total. The number of carbonyl (C=O) groups is 1. The lowest BCUT2D eigenvalue weighted by molar-refractivity contribution is 0.0741. The van der Waals surface area contributed by atoms with Gasteiger partial charge in [0.05, 0.1) is 10.6 Å². The van der Waals surface area contributed by atoms with E-state index in [-0.39, 0.29) is 16.8 Å².